The Bertz CT molecular complexity index is 1020. The van der Waals surface area contributed by atoms with Crippen molar-refractivity contribution in [2.45, 2.75) is 26.3 Å². The third kappa shape index (κ3) is 3.42. The highest BCUT2D eigenvalue weighted by Crippen LogP contribution is 2.24. The lowest BCUT2D eigenvalue weighted by Crippen LogP contribution is -2.26. The molecule has 0 amide bonds. The Morgan fingerprint density at radius 1 is 1.07 bits per heavy atom. The van der Waals surface area contributed by atoms with Gasteiger partial charge < -0.3 is 9.47 Å². The highest BCUT2D eigenvalue weighted by Gasteiger charge is 2.20. The highest BCUT2D eigenvalue weighted by atomic mass is 16.5. The molecule has 1 aromatic carbocycles. The standard InChI is InChI=1S/C20H24N4O3/c1-13-8-19-21-18-5-7-23(6-4-17(18)20(25)24(19)22-13)12-14-9-15(26-2)11-16(10-14)27-3/h8-11,22H,4-7,12H2,1-3H3. The average molecular weight is 368 g/mol. The second-order valence-electron chi connectivity index (χ2n) is 6.97. The molecule has 0 saturated carbocycles. The van der Waals surface area contributed by atoms with Gasteiger partial charge in [0.1, 0.15) is 11.5 Å². The molecule has 0 saturated heterocycles. The molecule has 1 aliphatic rings. The summed E-state index contributed by atoms with van der Waals surface area (Å²) in [5.74, 6) is 1.57. The molecule has 0 radical (unpaired) electrons. The van der Waals surface area contributed by atoms with Gasteiger partial charge in [0.05, 0.1) is 19.9 Å². The molecule has 27 heavy (non-hydrogen) atoms. The van der Waals surface area contributed by atoms with Crippen LogP contribution in [-0.4, -0.2) is 46.8 Å². The lowest BCUT2D eigenvalue weighted by Gasteiger charge is -2.20. The molecule has 7 heteroatoms. The van der Waals surface area contributed by atoms with Gasteiger partial charge in [-0.3, -0.25) is 14.8 Å². The summed E-state index contributed by atoms with van der Waals surface area (Å²) in [5.41, 5.74) is 4.53. The van der Waals surface area contributed by atoms with Crippen molar-refractivity contribution in [1.29, 1.82) is 0 Å². The molecule has 0 spiro atoms. The number of aromatic nitrogens is 3. The largest absolute Gasteiger partial charge is 0.497 e. The van der Waals surface area contributed by atoms with Crippen molar-refractivity contribution in [3.8, 4) is 11.5 Å². The van der Waals surface area contributed by atoms with E-state index in [1.54, 1.807) is 18.7 Å². The van der Waals surface area contributed by atoms with E-state index in [4.69, 9.17) is 14.5 Å². The van der Waals surface area contributed by atoms with E-state index < -0.39 is 0 Å². The summed E-state index contributed by atoms with van der Waals surface area (Å²) in [6.45, 7) is 4.39. The maximum Gasteiger partial charge on any atom is 0.276 e. The Kier molecular flexibility index (Phi) is 4.61. The van der Waals surface area contributed by atoms with Gasteiger partial charge in [0.15, 0.2) is 5.65 Å². The third-order valence-corrected chi connectivity index (χ3v) is 5.08. The quantitative estimate of drug-likeness (QED) is 0.762. The molecule has 1 aliphatic heterocycles. The number of methoxy groups -OCH3 is 2. The van der Waals surface area contributed by atoms with Crippen LogP contribution in [0, 0.1) is 6.92 Å². The predicted molar refractivity (Wildman–Crippen MR) is 103 cm³/mol. The summed E-state index contributed by atoms with van der Waals surface area (Å²) in [5, 5.41) is 3.07. The molecule has 1 N–H and O–H groups in total. The molecule has 0 atom stereocenters. The first-order valence-corrected chi connectivity index (χ1v) is 9.12. The number of H-pyrrole nitrogens is 1. The molecule has 0 aliphatic carbocycles. The van der Waals surface area contributed by atoms with Gasteiger partial charge in [0.2, 0.25) is 0 Å². The minimum Gasteiger partial charge on any atom is -0.497 e. The van der Waals surface area contributed by atoms with Crippen molar-refractivity contribution >= 4 is 5.65 Å². The van der Waals surface area contributed by atoms with E-state index in [1.807, 2.05) is 31.2 Å². The maximum absolute atomic E-state index is 12.8. The predicted octanol–water partition coefficient (Wildman–Crippen LogP) is 1.95. The first-order chi connectivity index (χ1) is 13.1. The number of nitrogens with zero attached hydrogens (tertiary/aromatic N) is 3. The van der Waals surface area contributed by atoms with Gasteiger partial charge in [-0.15, -0.1) is 0 Å². The number of rotatable bonds is 4. The highest BCUT2D eigenvalue weighted by molar-refractivity contribution is 5.42. The molecule has 3 aromatic rings. The van der Waals surface area contributed by atoms with Gasteiger partial charge in [-0.25, -0.2) is 9.50 Å². The van der Waals surface area contributed by atoms with E-state index in [0.29, 0.717) is 12.1 Å². The summed E-state index contributed by atoms with van der Waals surface area (Å²) in [6.07, 6.45) is 1.47. The zero-order valence-corrected chi connectivity index (χ0v) is 15.9. The Hall–Kier alpha value is -2.80. The van der Waals surface area contributed by atoms with E-state index in [-0.39, 0.29) is 5.56 Å². The van der Waals surface area contributed by atoms with Crippen LogP contribution in [0.5, 0.6) is 11.5 Å². The topological polar surface area (TPSA) is 71.9 Å². The van der Waals surface area contributed by atoms with Crippen molar-refractivity contribution in [3.05, 3.63) is 57.1 Å². The van der Waals surface area contributed by atoms with Gasteiger partial charge in [0, 0.05) is 49.4 Å². The van der Waals surface area contributed by atoms with Crippen LogP contribution in [-0.2, 0) is 19.4 Å². The molecular weight excluding hydrogens is 344 g/mol. The van der Waals surface area contributed by atoms with Crippen LogP contribution >= 0.6 is 0 Å². The Morgan fingerprint density at radius 2 is 1.78 bits per heavy atom. The second-order valence-corrected chi connectivity index (χ2v) is 6.97. The number of hydrogen-bond acceptors (Lipinski definition) is 5. The number of aryl methyl sites for hydroxylation is 1. The number of fused-ring (bicyclic) bond motifs is 2. The number of nitrogens with one attached hydrogen (secondary N) is 1. The Labute approximate surface area is 157 Å². The summed E-state index contributed by atoms with van der Waals surface area (Å²) >= 11 is 0. The van der Waals surface area contributed by atoms with Crippen molar-refractivity contribution in [1.82, 2.24) is 19.5 Å². The minimum absolute atomic E-state index is 0.0213. The number of aromatic amines is 1. The van der Waals surface area contributed by atoms with Gasteiger partial charge in [-0.2, -0.15) is 0 Å². The third-order valence-electron chi connectivity index (χ3n) is 5.08. The lowest BCUT2D eigenvalue weighted by molar-refractivity contribution is 0.277. The molecule has 3 heterocycles. The number of hydrogen-bond donors (Lipinski definition) is 1. The van der Waals surface area contributed by atoms with Crippen LogP contribution in [0.2, 0.25) is 0 Å². The van der Waals surface area contributed by atoms with Crippen LogP contribution in [0.25, 0.3) is 5.65 Å². The number of ether oxygens (including phenoxy) is 2. The molecule has 0 bridgehead atoms. The number of benzene rings is 1. The van der Waals surface area contributed by atoms with Crippen LogP contribution in [0.15, 0.2) is 29.1 Å². The molecule has 7 nitrogen and oxygen atoms in total. The molecule has 2 aromatic heterocycles. The van der Waals surface area contributed by atoms with Crippen LogP contribution in [0.3, 0.4) is 0 Å². The van der Waals surface area contributed by atoms with Crippen molar-refractivity contribution in [2.75, 3.05) is 27.3 Å². The van der Waals surface area contributed by atoms with Gasteiger partial charge in [-0.1, -0.05) is 0 Å². The van der Waals surface area contributed by atoms with Crippen molar-refractivity contribution in [3.63, 3.8) is 0 Å². The van der Waals surface area contributed by atoms with E-state index in [2.05, 4.69) is 10.00 Å². The molecular formula is C20H24N4O3. The van der Waals surface area contributed by atoms with Crippen LogP contribution < -0.4 is 15.0 Å². The van der Waals surface area contributed by atoms with E-state index in [9.17, 15) is 4.79 Å². The minimum atomic E-state index is 0.0213. The maximum atomic E-state index is 12.8. The second kappa shape index (κ2) is 7.08. The molecule has 0 fully saturated rings. The smallest absolute Gasteiger partial charge is 0.276 e. The van der Waals surface area contributed by atoms with Crippen LogP contribution in [0.1, 0.15) is 22.5 Å². The molecule has 4 rings (SSSR count). The van der Waals surface area contributed by atoms with Gasteiger partial charge in [0.25, 0.3) is 5.56 Å². The first-order valence-electron chi connectivity index (χ1n) is 9.12. The summed E-state index contributed by atoms with van der Waals surface area (Å²) in [4.78, 5) is 19.9. The summed E-state index contributed by atoms with van der Waals surface area (Å²) < 4.78 is 12.3. The van der Waals surface area contributed by atoms with E-state index in [1.165, 1.54) is 0 Å². The Morgan fingerprint density at radius 3 is 2.48 bits per heavy atom. The summed E-state index contributed by atoms with van der Waals surface area (Å²) in [7, 11) is 3.31. The van der Waals surface area contributed by atoms with Gasteiger partial charge >= 0.3 is 0 Å². The average Bonchev–Trinajstić information content (AvgIpc) is 2.93. The fourth-order valence-corrected chi connectivity index (χ4v) is 3.70. The van der Waals surface area contributed by atoms with Crippen LogP contribution in [0.4, 0.5) is 0 Å². The SMILES string of the molecule is COc1cc(CN2CCc3nc4cc(C)[nH]n4c(=O)c3CC2)cc(OC)c1. The first kappa shape index (κ1) is 17.6. The van der Waals surface area contributed by atoms with Gasteiger partial charge in [-0.05, 0) is 31.0 Å². The molecule has 142 valence electrons. The lowest BCUT2D eigenvalue weighted by atomic mass is 10.1. The summed E-state index contributed by atoms with van der Waals surface area (Å²) in [6, 6.07) is 7.84. The zero-order valence-electron chi connectivity index (χ0n) is 15.9. The zero-order chi connectivity index (χ0) is 19.0. The fourth-order valence-electron chi connectivity index (χ4n) is 3.70. The monoisotopic (exact) mass is 368 g/mol. The van der Waals surface area contributed by atoms with E-state index in [0.717, 1.165) is 60.1 Å². The van der Waals surface area contributed by atoms with Crippen molar-refractivity contribution in [2.24, 2.45) is 0 Å². The Balaban J connectivity index is 1.57. The molecule has 0 unspecified atom stereocenters. The fraction of sp³-hybridized carbons (Fsp3) is 0.400. The van der Waals surface area contributed by atoms with E-state index >= 15 is 0 Å². The van der Waals surface area contributed by atoms with Crippen molar-refractivity contribution < 1.29 is 9.47 Å². The normalized spacial score (nSPS) is 14.8.